The van der Waals surface area contributed by atoms with Crippen LogP contribution in [0.3, 0.4) is 0 Å². The van der Waals surface area contributed by atoms with Gasteiger partial charge in [0.15, 0.2) is 5.82 Å². The number of ether oxygens (including phenoxy) is 1. The number of rotatable bonds is 5. The Morgan fingerprint density at radius 2 is 1.84 bits per heavy atom. The normalized spacial score (nSPS) is 15.2. The summed E-state index contributed by atoms with van der Waals surface area (Å²) in [7, 11) is 1.36. The number of hydrogen-bond acceptors (Lipinski definition) is 7. The molecule has 7 nitrogen and oxygen atoms in total. The third-order valence-corrected chi connectivity index (χ3v) is 4.33. The minimum absolute atomic E-state index is 0.362. The number of nitrogens with one attached hydrogen (secondary N) is 2. The minimum Gasteiger partial charge on any atom is -0.465 e. The van der Waals surface area contributed by atoms with Crippen LogP contribution in [0.5, 0.6) is 0 Å². The van der Waals surface area contributed by atoms with Crippen LogP contribution in [-0.2, 0) is 4.74 Å². The van der Waals surface area contributed by atoms with Crippen molar-refractivity contribution in [3.63, 3.8) is 0 Å². The predicted molar refractivity (Wildman–Crippen MR) is 96.0 cm³/mol. The SMILES string of the molecule is COC(=O)c1ccc(Nc2nncc(NC3CCCCCC3)n2)cc1. The fourth-order valence-electron chi connectivity index (χ4n) is 3.00. The molecule has 132 valence electrons. The summed E-state index contributed by atoms with van der Waals surface area (Å²) in [4.78, 5) is 15.9. The Morgan fingerprint density at radius 3 is 2.52 bits per heavy atom. The first-order valence-corrected chi connectivity index (χ1v) is 8.66. The quantitative estimate of drug-likeness (QED) is 0.635. The van der Waals surface area contributed by atoms with Crippen LogP contribution in [0.25, 0.3) is 0 Å². The zero-order chi connectivity index (χ0) is 17.5. The van der Waals surface area contributed by atoms with Crippen molar-refractivity contribution in [2.45, 2.75) is 44.6 Å². The summed E-state index contributed by atoms with van der Waals surface area (Å²) in [5, 5.41) is 14.6. The van der Waals surface area contributed by atoms with Gasteiger partial charge in [0.05, 0.1) is 18.9 Å². The third-order valence-electron chi connectivity index (χ3n) is 4.33. The van der Waals surface area contributed by atoms with Gasteiger partial charge in [0.2, 0.25) is 5.95 Å². The molecule has 3 rings (SSSR count). The largest absolute Gasteiger partial charge is 0.465 e. The summed E-state index contributed by atoms with van der Waals surface area (Å²) in [5.74, 6) is 0.791. The molecule has 1 aromatic carbocycles. The van der Waals surface area contributed by atoms with Gasteiger partial charge in [0.1, 0.15) is 0 Å². The highest BCUT2D eigenvalue weighted by Gasteiger charge is 2.13. The monoisotopic (exact) mass is 341 g/mol. The molecule has 7 heteroatoms. The van der Waals surface area contributed by atoms with Gasteiger partial charge >= 0.3 is 5.97 Å². The zero-order valence-electron chi connectivity index (χ0n) is 14.4. The first kappa shape index (κ1) is 17.1. The molecule has 2 N–H and O–H groups in total. The number of hydrogen-bond donors (Lipinski definition) is 2. The van der Waals surface area contributed by atoms with E-state index in [1.165, 1.54) is 45.6 Å². The van der Waals surface area contributed by atoms with E-state index in [-0.39, 0.29) is 5.97 Å². The molecule has 0 spiro atoms. The minimum atomic E-state index is -0.362. The van der Waals surface area contributed by atoms with E-state index >= 15 is 0 Å². The molecule has 0 bridgehead atoms. The number of nitrogens with zero attached hydrogens (tertiary/aromatic N) is 3. The maximum atomic E-state index is 11.5. The topological polar surface area (TPSA) is 89.0 Å². The Kier molecular flexibility index (Phi) is 5.77. The van der Waals surface area contributed by atoms with Crippen LogP contribution < -0.4 is 10.6 Å². The first-order valence-electron chi connectivity index (χ1n) is 8.66. The summed E-state index contributed by atoms with van der Waals surface area (Å²) >= 11 is 0. The summed E-state index contributed by atoms with van der Waals surface area (Å²) in [5.41, 5.74) is 1.27. The summed E-state index contributed by atoms with van der Waals surface area (Å²) < 4.78 is 4.69. The summed E-state index contributed by atoms with van der Waals surface area (Å²) in [6.07, 6.45) is 9.13. The summed E-state index contributed by atoms with van der Waals surface area (Å²) in [6, 6.07) is 7.39. The Labute approximate surface area is 147 Å². The Balaban J connectivity index is 1.63. The molecule has 1 aromatic heterocycles. The lowest BCUT2D eigenvalue weighted by molar-refractivity contribution is 0.0601. The molecular formula is C18H23N5O2. The number of benzene rings is 1. The van der Waals surface area contributed by atoms with Crippen LogP contribution in [0, 0.1) is 0 Å². The van der Waals surface area contributed by atoms with Crippen molar-refractivity contribution in [1.29, 1.82) is 0 Å². The van der Waals surface area contributed by atoms with Gasteiger partial charge in [-0.15, -0.1) is 5.10 Å². The highest BCUT2D eigenvalue weighted by atomic mass is 16.5. The van der Waals surface area contributed by atoms with Gasteiger partial charge in [0, 0.05) is 11.7 Å². The van der Waals surface area contributed by atoms with Gasteiger partial charge < -0.3 is 15.4 Å². The molecule has 1 fully saturated rings. The van der Waals surface area contributed by atoms with Crippen LogP contribution in [-0.4, -0.2) is 34.3 Å². The maximum absolute atomic E-state index is 11.5. The average Bonchev–Trinajstić information content (AvgIpc) is 2.91. The number of carbonyl (C=O) groups is 1. The third kappa shape index (κ3) is 4.89. The van der Waals surface area contributed by atoms with E-state index in [0.29, 0.717) is 17.6 Å². The van der Waals surface area contributed by atoms with Crippen LogP contribution >= 0.6 is 0 Å². The lowest BCUT2D eigenvalue weighted by Gasteiger charge is -2.16. The van der Waals surface area contributed by atoms with E-state index in [4.69, 9.17) is 0 Å². The van der Waals surface area contributed by atoms with Crippen LogP contribution in [0.1, 0.15) is 48.9 Å². The van der Waals surface area contributed by atoms with Crippen molar-refractivity contribution in [1.82, 2.24) is 15.2 Å². The second-order valence-electron chi connectivity index (χ2n) is 6.19. The number of aromatic nitrogens is 3. The standard InChI is InChI=1S/C18H23N5O2/c1-25-17(24)13-8-10-15(11-9-13)21-18-22-16(12-19-23-18)20-14-6-4-2-3-5-7-14/h8-12,14H,2-7H2,1H3,(H2,20,21,22,23). The van der Waals surface area contributed by atoms with Gasteiger partial charge in [-0.2, -0.15) is 10.1 Å². The van der Waals surface area contributed by atoms with Crippen molar-refractivity contribution in [3.05, 3.63) is 36.0 Å². The second-order valence-corrected chi connectivity index (χ2v) is 6.19. The number of carbonyl (C=O) groups excluding carboxylic acids is 1. The Bertz CT molecular complexity index is 697. The molecule has 0 atom stereocenters. The predicted octanol–water partition coefficient (Wildman–Crippen LogP) is 3.54. The Morgan fingerprint density at radius 1 is 1.12 bits per heavy atom. The van der Waals surface area contributed by atoms with Crippen molar-refractivity contribution < 1.29 is 9.53 Å². The molecule has 0 saturated heterocycles. The smallest absolute Gasteiger partial charge is 0.337 e. The van der Waals surface area contributed by atoms with E-state index in [0.717, 1.165) is 11.5 Å². The van der Waals surface area contributed by atoms with E-state index in [1.807, 2.05) is 0 Å². The van der Waals surface area contributed by atoms with E-state index in [1.54, 1.807) is 30.5 Å². The molecule has 1 heterocycles. The van der Waals surface area contributed by atoms with E-state index in [9.17, 15) is 4.79 Å². The Hall–Kier alpha value is -2.70. The first-order chi connectivity index (χ1) is 12.2. The van der Waals surface area contributed by atoms with Gasteiger partial charge in [-0.25, -0.2) is 4.79 Å². The number of methoxy groups -OCH3 is 1. The average molecular weight is 341 g/mol. The lowest BCUT2D eigenvalue weighted by atomic mass is 10.1. The molecule has 25 heavy (non-hydrogen) atoms. The second kappa shape index (κ2) is 8.41. The molecule has 0 aliphatic heterocycles. The highest BCUT2D eigenvalue weighted by Crippen LogP contribution is 2.21. The van der Waals surface area contributed by atoms with Gasteiger partial charge in [-0.05, 0) is 37.1 Å². The van der Waals surface area contributed by atoms with Crippen molar-refractivity contribution in [2.24, 2.45) is 0 Å². The van der Waals surface area contributed by atoms with Crippen molar-refractivity contribution in [3.8, 4) is 0 Å². The molecule has 1 saturated carbocycles. The van der Waals surface area contributed by atoms with Gasteiger partial charge in [-0.3, -0.25) is 0 Å². The fourth-order valence-corrected chi connectivity index (χ4v) is 3.00. The van der Waals surface area contributed by atoms with Gasteiger partial charge in [0.25, 0.3) is 0 Å². The highest BCUT2D eigenvalue weighted by molar-refractivity contribution is 5.89. The maximum Gasteiger partial charge on any atom is 0.337 e. The van der Waals surface area contributed by atoms with Crippen LogP contribution in [0.4, 0.5) is 17.5 Å². The lowest BCUT2D eigenvalue weighted by Crippen LogP contribution is -2.19. The van der Waals surface area contributed by atoms with Crippen molar-refractivity contribution >= 4 is 23.4 Å². The van der Waals surface area contributed by atoms with Crippen LogP contribution in [0.15, 0.2) is 30.5 Å². The molecule has 2 aromatic rings. The molecule has 0 radical (unpaired) electrons. The van der Waals surface area contributed by atoms with Gasteiger partial charge in [-0.1, -0.05) is 25.7 Å². The summed E-state index contributed by atoms with van der Waals surface area (Å²) in [6.45, 7) is 0. The van der Waals surface area contributed by atoms with E-state index in [2.05, 4.69) is 30.6 Å². The number of esters is 1. The zero-order valence-corrected chi connectivity index (χ0v) is 14.4. The molecule has 1 aliphatic rings. The van der Waals surface area contributed by atoms with E-state index < -0.39 is 0 Å². The molecule has 0 unspecified atom stereocenters. The van der Waals surface area contributed by atoms with Crippen molar-refractivity contribution in [2.75, 3.05) is 17.7 Å². The molecule has 0 amide bonds. The number of anilines is 3. The fraction of sp³-hybridized carbons (Fsp3) is 0.444. The van der Waals surface area contributed by atoms with Crippen LogP contribution in [0.2, 0.25) is 0 Å². The molecule has 1 aliphatic carbocycles. The molecular weight excluding hydrogens is 318 g/mol.